The monoisotopic (exact) mass is 1100 g/mol. The number of aromatic nitrogens is 1. The molecule has 74 heavy (non-hydrogen) atoms. The molecule has 5 heterocycles. The number of rotatable bonds is 9. The number of benzene rings is 4. The Kier molecular flexibility index (Phi) is 15.8. The van der Waals surface area contributed by atoms with E-state index in [9.17, 15) is 38.4 Å². The van der Waals surface area contributed by atoms with Gasteiger partial charge >= 0.3 is 24.2 Å². The number of methoxy groups -OCH3 is 2. The van der Waals surface area contributed by atoms with Crippen molar-refractivity contribution in [1.82, 2.24) is 35.2 Å². The zero-order valence-corrected chi connectivity index (χ0v) is 42.9. The number of carbonyl (C=O) groups excluding carboxylic acids is 8. The fourth-order valence-corrected chi connectivity index (χ4v) is 9.59. The molecule has 2 fully saturated rings. The minimum atomic E-state index is -1.71. The van der Waals surface area contributed by atoms with Gasteiger partial charge in [0.1, 0.15) is 27.7 Å². The number of carbonyl (C=O) groups is 8. The summed E-state index contributed by atoms with van der Waals surface area (Å²) in [4.78, 5) is 114. The quantitative estimate of drug-likeness (QED) is 0.132. The third-order valence-electron chi connectivity index (χ3n) is 12.0. The molecule has 4 aliphatic rings. The Bertz CT molecular complexity index is 3030. The van der Waals surface area contributed by atoms with Crippen molar-refractivity contribution in [3.63, 3.8) is 0 Å². The number of hydrogen-bond donors (Lipinski definition) is 2. The Morgan fingerprint density at radius 2 is 1.04 bits per heavy atom. The first kappa shape index (κ1) is 55.7. The highest BCUT2D eigenvalue weighted by Crippen LogP contribution is 2.38. The number of amides is 10. The topological polar surface area (TPSA) is 223 Å². The maximum Gasteiger partial charge on any atom is 0.425 e. The molecule has 2 N–H and O–H groups in total. The highest BCUT2D eigenvalue weighted by molar-refractivity contribution is 9.10. The van der Waals surface area contributed by atoms with Crippen molar-refractivity contribution in [3.8, 4) is 22.1 Å². The number of nitrogens with one attached hydrogen (secondary N) is 2. The summed E-state index contributed by atoms with van der Waals surface area (Å²) in [6, 6.07) is 22.2. The zero-order chi connectivity index (χ0) is 52.1. The van der Waals surface area contributed by atoms with Gasteiger partial charge in [-0.1, -0.05) is 67.2 Å². The van der Waals surface area contributed by atoms with Crippen molar-refractivity contribution in [2.24, 2.45) is 0 Å². The van der Waals surface area contributed by atoms with Crippen molar-refractivity contribution >= 4 is 75.1 Å². The number of nitrogens with zero attached hydrogens (tertiary/aromatic N) is 5. The average Bonchev–Trinajstić information content (AvgIpc) is 4.13. The Balaban J connectivity index is 0.000000236. The van der Waals surface area contributed by atoms with E-state index in [1.807, 2.05) is 5.38 Å². The average molecular weight is 1100 g/mol. The summed E-state index contributed by atoms with van der Waals surface area (Å²) in [5, 5.41) is 8.03. The van der Waals surface area contributed by atoms with E-state index in [2.05, 4.69) is 31.5 Å². The molecule has 390 valence electrons. The summed E-state index contributed by atoms with van der Waals surface area (Å²) in [7, 11) is 3.08. The van der Waals surface area contributed by atoms with Crippen molar-refractivity contribution in [2.45, 2.75) is 91.8 Å². The summed E-state index contributed by atoms with van der Waals surface area (Å²) in [6.07, 6.45) is -0.461. The first-order valence-electron chi connectivity index (χ1n) is 22.5. The predicted octanol–water partition coefficient (Wildman–Crippen LogP) is 9.23. The normalized spacial score (nSPS) is 18.9. The third kappa shape index (κ3) is 10.7. The molecule has 4 aromatic carbocycles. The molecule has 4 aliphatic heterocycles. The number of ether oxygens (including phenoxy) is 4. The van der Waals surface area contributed by atoms with Crippen molar-refractivity contribution in [2.75, 3.05) is 27.3 Å². The SMILES string of the molecule is C.C.COc1ccc2c(c1)CN(CC1(c3ccc(-c4nccs4)cc3)NC(=O)N(C(=O)OC(C)(C)C)C1=O)C2=O.COc1ccc2c(c1)CN(CC1(c3ccc(Br)cc3)NC(=O)N(C(=O)OC(C)(C)C)C1=O)C2=O. The van der Waals surface area contributed by atoms with Crippen LogP contribution in [0.2, 0.25) is 0 Å². The molecule has 2 unspecified atom stereocenters. The molecule has 0 aliphatic carbocycles. The van der Waals surface area contributed by atoms with Crippen LogP contribution in [0.1, 0.15) is 99.4 Å². The van der Waals surface area contributed by atoms with Gasteiger partial charge in [0.05, 0.1) is 27.3 Å². The second-order valence-electron chi connectivity index (χ2n) is 19.2. The second kappa shape index (κ2) is 21.1. The van der Waals surface area contributed by atoms with E-state index >= 15 is 0 Å². The van der Waals surface area contributed by atoms with Crippen LogP contribution in [-0.4, -0.2) is 111 Å². The van der Waals surface area contributed by atoms with E-state index in [1.165, 1.54) is 28.2 Å². The molecule has 0 radical (unpaired) electrons. The minimum Gasteiger partial charge on any atom is -0.497 e. The molecule has 9 rings (SSSR count). The number of halogens is 1. The van der Waals surface area contributed by atoms with Crippen LogP contribution in [0.5, 0.6) is 11.5 Å². The van der Waals surface area contributed by atoms with Gasteiger partial charge in [-0.15, -0.1) is 11.3 Å². The summed E-state index contributed by atoms with van der Waals surface area (Å²) in [5.74, 6) is -0.994. The molecule has 0 spiro atoms. The molecule has 0 saturated carbocycles. The van der Waals surface area contributed by atoms with E-state index in [4.69, 9.17) is 18.9 Å². The Labute approximate surface area is 441 Å². The predicted molar refractivity (Wildman–Crippen MR) is 277 cm³/mol. The van der Waals surface area contributed by atoms with Crippen LogP contribution in [0.3, 0.4) is 0 Å². The number of fused-ring (bicyclic) bond motifs is 2. The summed E-state index contributed by atoms with van der Waals surface area (Å²) in [6.45, 7) is 9.91. The lowest BCUT2D eigenvalue weighted by atomic mass is 9.88. The molecular formula is C53H58BrN7O12S. The molecule has 21 heteroatoms. The molecule has 1 aromatic heterocycles. The zero-order valence-electron chi connectivity index (χ0n) is 40.5. The van der Waals surface area contributed by atoms with Crippen molar-refractivity contribution in [3.05, 3.63) is 134 Å². The van der Waals surface area contributed by atoms with Crippen LogP contribution in [0.15, 0.2) is 101 Å². The number of imide groups is 6. The first-order chi connectivity index (χ1) is 34.0. The Morgan fingerprint density at radius 3 is 1.41 bits per heavy atom. The highest BCUT2D eigenvalue weighted by Gasteiger charge is 2.59. The Hall–Kier alpha value is -7.65. The fraction of sp³-hybridized carbons (Fsp3) is 0.340. The first-order valence-corrected chi connectivity index (χ1v) is 24.1. The van der Waals surface area contributed by atoms with E-state index in [-0.39, 0.29) is 52.8 Å². The van der Waals surface area contributed by atoms with Gasteiger partial charge in [-0.2, -0.15) is 9.80 Å². The smallest absolute Gasteiger partial charge is 0.425 e. The van der Waals surface area contributed by atoms with Crippen LogP contribution >= 0.6 is 27.3 Å². The summed E-state index contributed by atoms with van der Waals surface area (Å²) >= 11 is 4.83. The second-order valence-corrected chi connectivity index (χ2v) is 21.0. The van der Waals surface area contributed by atoms with Gasteiger partial charge in [0, 0.05) is 45.8 Å². The Morgan fingerprint density at radius 1 is 0.635 bits per heavy atom. The van der Waals surface area contributed by atoms with Crippen LogP contribution in [-0.2, 0) is 43.2 Å². The molecule has 5 aromatic rings. The van der Waals surface area contributed by atoms with Gasteiger partial charge in [0.2, 0.25) is 0 Å². The lowest BCUT2D eigenvalue weighted by molar-refractivity contribution is -0.132. The van der Waals surface area contributed by atoms with Gasteiger partial charge in [0.25, 0.3) is 23.6 Å². The van der Waals surface area contributed by atoms with Crippen LogP contribution in [0.25, 0.3) is 10.6 Å². The fourth-order valence-electron chi connectivity index (χ4n) is 8.68. The van der Waals surface area contributed by atoms with E-state index < -0.39 is 58.3 Å². The molecular weight excluding hydrogens is 1040 g/mol. The van der Waals surface area contributed by atoms with Crippen LogP contribution < -0.4 is 20.1 Å². The van der Waals surface area contributed by atoms with Crippen molar-refractivity contribution < 1.29 is 57.3 Å². The molecule has 19 nitrogen and oxygen atoms in total. The van der Waals surface area contributed by atoms with Gasteiger partial charge in [-0.3, -0.25) is 19.2 Å². The van der Waals surface area contributed by atoms with Gasteiger partial charge < -0.3 is 39.4 Å². The molecule has 10 amide bonds. The maximum atomic E-state index is 13.9. The number of urea groups is 2. The van der Waals surface area contributed by atoms with E-state index in [1.54, 1.807) is 140 Å². The standard InChI is InChI=1S/C27H26N4O6S.C24H24BrN3O6.2CH4/c1-26(2,3)37-25(35)31-23(33)27(29-24(31)34,18-7-5-16(6-8-18)21-28-11-12-38-21)15-30-14-17-13-19(36-4)9-10-20(17)22(30)32;1-23(2,3)34-22(32)28-20(30)24(26-21(28)31,15-5-7-16(25)8-6-15)13-27-12-14-11-17(33-4)9-10-18(14)19(27)29;;/h5-13H,14-15H2,1-4H3,(H,29,34);5-11H,12-13H2,1-4H3,(H,26,31);2*1H4. The van der Waals surface area contributed by atoms with Gasteiger partial charge in [-0.05, 0) is 112 Å². The minimum absolute atomic E-state index is 0. The summed E-state index contributed by atoms with van der Waals surface area (Å²) in [5.41, 5.74) is -1.07. The largest absolute Gasteiger partial charge is 0.497 e. The lowest BCUT2D eigenvalue weighted by Gasteiger charge is -2.32. The number of thiazole rings is 1. The summed E-state index contributed by atoms with van der Waals surface area (Å²) < 4.78 is 21.9. The van der Waals surface area contributed by atoms with Gasteiger partial charge in [0.15, 0.2) is 11.1 Å². The molecule has 0 bridgehead atoms. The van der Waals surface area contributed by atoms with E-state index in [0.717, 1.165) is 26.2 Å². The van der Waals surface area contributed by atoms with Crippen LogP contribution in [0, 0.1) is 0 Å². The van der Waals surface area contributed by atoms with E-state index in [0.29, 0.717) is 43.6 Å². The van der Waals surface area contributed by atoms with Crippen molar-refractivity contribution in [1.29, 1.82) is 0 Å². The number of hydrogen-bond acceptors (Lipinski definition) is 14. The lowest BCUT2D eigenvalue weighted by Crippen LogP contribution is -2.53. The molecule has 2 atom stereocenters. The molecule has 2 saturated heterocycles. The van der Waals surface area contributed by atoms with Crippen LogP contribution in [0.4, 0.5) is 19.2 Å². The third-order valence-corrected chi connectivity index (χ3v) is 13.3. The van der Waals surface area contributed by atoms with Gasteiger partial charge in [-0.25, -0.2) is 24.2 Å². The highest BCUT2D eigenvalue weighted by atomic mass is 79.9. The maximum absolute atomic E-state index is 13.9.